The number of carbonyl (C=O) groups excluding carboxylic acids is 1. The second kappa shape index (κ2) is 5.54. The van der Waals surface area contributed by atoms with Gasteiger partial charge in [0.15, 0.2) is 0 Å². The van der Waals surface area contributed by atoms with Crippen LogP contribution in [-0.2, 0) is 11.0 Å². The number of halogens is 3. The molecule has 0 aliphatic heterocycles. The lowest BCUT2D eigenvalue weighted by molar-refractivity contribution is -0.137. The highest BCUT2D eigenvalue weighted by Crippen LogP contribution is 2.31. The van der Waals surface area contributed by atoms with Gasteiger partial charge in [-0.1, -0.05) is 6.07 Å². The Morgan fingerprint density at radius 1 is 1.44 bits per heavy atom. The quantitative estimate of drug-likeness (QED) is 0.834. The fourth-order valence-corrected chi connectivity index (χ4v) is 1.52. The van der Waals surface area contributed by atoms with Crippen molar-refractivity contribution >= 4 is 11.6 Å². The Balaban J connectivity index is 3.08. The van der Waals surface area contributed by atoms with Crippen molar-refractivity contribution in [3.8, 4) is 6.07 Å². The highest BCUT2D eigenvalue weighted by atomic mass is 19.4. The van der Waals surface area contributed by atoms with Gasteiger partial charge in [0.25, 0.3) is 0 Å². The van der Waals surface area contributed by atoms with E-state index in [1.54, 1.807) is 13.0 Å². The average molecular weight is 256 g/mol. The first-order chi connectivity index (χ1) is 8.40. The fourth-order valence-electron chi connectivity index (χ4n) is 1.52. The number of nitriles is 1. The Hall–Kier alpha value is -2.03. The van der Waals surface area contributed by atoms with Crippen molar-refractivity contribution in [3.63, 3.8) is 0 Å². The monoisotopic (exact) mass is 256 g/mol. The Morgan fingerprint density at radius 2 is 2.11 bits per heavy atom. The van der Waals surface area contributed by atoms with Crippen LogP contribution in [-0.4, -0.2) is 12.5 Å². The molecule has 18 heavy (non-hydrogen) atoms. The zero-order valence-corrected chi connectivity index (χ0v) is 9.66. The van der Waals surface area contributed by atoms with E-state index >= 15 is 0 Å². The van der Waals surface area contributed by atoms with E-state index in [1.807, 2.05) is 0 Å². The van der Waals surface area contributed by atoms with Crippen molar-refractivity contribution < 1.29 is 18.0 Å². The van der Waals surface area contributed by atoms with Crippen LogP contribution in [0.4, 0.5) is 18.9 Å². The van der Waals surface area contributed by atoms with Crippen molar-refractivity contribution in [2.45, 2.75) is 19.5 Å². The molecule has 0 aromatic heterocycles. The number of amides is 1. The van der Waals surface area contributed by atoms with Gasteiger partial charge in [0.1, 0.15) is 6.42 Å². The van der Waals surface area contributed by atoms with Crippen LogP contribution in [0.2, 0.25) is 0 Å². The third-order valence-corrected chi connectivity index (χ3v) is 2.33. The normalized spacial score (nSPS) is 10.8. The second-order valence-corrected chi connectivity index (χ2v) is 3.52. The third kappa shape index (κ3) is 3.23. The van der Waals surface area contributed by atoms with Gasteiger partial charge in [-0.25, -0.2) is 0 Å². The number of nitrogens with zero attached hydrogens (tertiary/aromatic N) is 2. The summed E-state index contributed by atoms with van der Waals surface area (Å²) in [6.45, 7) is 1.84. The second-order valence-electron chi connectivity index (χ2n) is 3.52. The van der Waals surface area contributed by atoms with Crippen molar-refractivity contribution in [1.82, 2.24) is 0 Å². The molecule has 0 saturated carbocycles. The summed E-state index contributed by atoms with van der Waals surface area (Å²) in [5, 5.41) is 8.43. The number of benzene rings is 1. The van der Waals surface area contributed by atoms with Gasteiger partial charge in [0.05, 0.1) is 11.6 Å². The molecule has 0 radical (unpaired) electrons. The molecule has 96 valence electrons. The number of carbonyl (C=O) groups is 1. The van der Waals surface area contributed by atoms with E-state index in [9.17, 15) is 18.0 Å². The molecule has 6 heteroatoms. The molecular weight excluding hydrogens is 245 g/mol. The maximum Gasteiger partial charge on any atom is 0.416 e. The molecule has 0 N–H and O–H groups in total. The summed E-state index contributed by atoms with van der Waals surface area (Å²) in [4.78, 5) is 12.7. The average Bonchev–Trinajstić information content (AvgIpc) is 2.29. The summed E-state index contributed by atoms with van der Waals surface area (Å²) >= 11 is 0. The Labute approximate surface area is 102 Å². The van der Waals surface area contributed by atoms with E-state index in [0.717, 1.165) is 17.0 Å². The van der Waals surface area contributed by atoms with Gasteiger partial charge in [-0.3, -0.25) is 4.79 Å². The maximum absolute atomic E-state index is 12.5. The van der Waals surface area contributed by atoms with Crippen LogP contribution in [0.25, 0.3) is 0 Å². The lowest BCUT2D eigenvalue weighted by Gasteiger charge is -2.20. The van der Waals surface area contributed by atoms with E-state index in [-0.39, 0.29) is 18.7 Å². The zero-order chi connectivity index (χ0) is 13.8. The standard InChI is InChI=1S/C12H11F3N2O/c1-2-17(11(18)6-7-16)10-5-3-4-9(8-10)12(13,14)15/h3-5,8H,2,6H2,1H3. The topological polar surface area (TPSA) is 44.1 Å². The fraction of sp³-hybridized carbons (Fsp3) is 0.333. The Kier molecular flexibility index (Phi) is 4.32. The predicted octanol–water partition coefficient (Wildman–Crippen LogP) is 2.97. The molecule has 1 aromatic rings. The summed E-state index contributed by atoms with van der Waals surface area (Å²) in [5.74, 6) is -0.515. The van der Waals surface area contributed by atoms with Crippen LogP contribution in [0.15, 0.2) is 24.3 Å². The van der Waals surface area contributed by atoms with Gasteiger partial charge in [0.2, 0.25) is 5.91 Å². The lowest BCUT2D eigenvalue weighted by atomic mass is 10.1. The maximum atomic E-state index is 12.5. The van der Waals surface area contributed by atoms with Gasteiger partial charge in [-0.15, -0.1) is 0 Å². The van der Waals surface area contributed by atoms with Crippen LogP contribution >= 0.6 is 0 Å². The molecule has 1 amide bonds. The summed E-state index contributed by atoms with van der Waals surface area (Å²) in [6.07, 6.45) is -4.81. The first kappa shape index (κ1) is 14.0. The smallest absolute Gasteiger partial charge is 0.312 e. The Morgan fingerprint density at radius 3 is 2.61 bits per heavy atom. The molecule has 0 saturated heterocycles. The van der Waals surface area contributed by atoms with Crippen molar-refractivity contribution in [1.29, 1.82) is 5.26 Å². The van der Waals surface area contributed by atoms with E-state index in [0.29, 0.717) is 0 Å². The highest BCUT2D eigenvalue weighted by Gasteiger charge is 2.31. The van der Waals surface area contributed by atoms with Crippen LogP contribution in [0, 0.1) is 11.3 Å². The molecule has 0 spiro atoms. The zero-order valence-electron chi connectivity index (χ0n) is 9.66. The predicted molar refractivity (Wildman–Crippen MR) is 59.7 cm³/mol. The van der Waals surface area contributed by atoms with Gasteiger partial charge in [0, 0.05) is 12.2 Å². The molecule has 0 unspecified atom stereocenters. The number of alkyl halides is 3. The summed E-state index contributed by atoms with van der Waals surface area (Å²) in [5.41, 5.74) is -0.671. The summed E-state index contributed by atoms with van der Waals surface area (Å²) < 4.78 is 37.6. The van der Waals surface area contributed by atoms with Crippen molar-refractivity contribution in [2.24, 2.45) is 0 Å². The first-order valence-corrected chi connectivity index (χ1v) is 5.24. The summed E-state index contributed by atoms with van der Waals surface area (Å²) in [6, 6.07) is 6.17. The van der Waals surface area contributed by atoms with Gasteiger partial charge < -0.3 is 4.90 Å². The van der Waals surface area contributed by atoms with Crippen LogP contribution in [0.3, 0.4) is 0 Å². The molecule has 1 aromatic carbocycles. The first-order valence-electron chi connectivity index (χ1n) is 5.24. The van der Waals surface area contributed by atoms with Crippen LogP contribution in [0.1, 0.15) is 18.9 Å². The lowest BCUT2D eigenvalue weighted by Crippen LogP contribution is -2.30. The van der Waals surface area contributed by atoms with Crippen LogP contribution < -0.4 is 4.90 Å². The number of rotatable bonds is 3. The number of hydrogen-bond acceptors (Lipinski definition) is 2. The van der Waals surface area contributed by atoms with Gasteiger partial charge in [-0.2, -0.15) is 18.4 Å². The molecule has 0 aliphatic rings. The van der Waals surface area contributed by atoms with Crippen LogP contribution in [0.5, 0.6) is 0 Å². The third-order valence-electron chi connectivity index (χ3n) is 2.33. The molecule has 1 rings (SSSR count). The molecule has 0 bridgehead atoms. The molecule has 0 aliphatic carbocycles. The van der Waals surface area contributed by atoms with E-state index < -0.39 is 17.6 Å². The molecule has 0 heterocycles. The minimum atomic E-state index is -4.45. The van der Waals surface area contributed by atoms with Crippen molar-refractivity contribution in [2.75, 3.05) is 11.4 Å². The minimum absolute atomic E-state index is 0.146. The Bertz CT molecular complexity index is 477. The van der Waals surface area contributed by atoms with E-state index in [2.05, 4.69) is 0 Å². The number of hydrogen-bond donors (Lipinski definition) is 0. The van der Waals surface area contributed by atoms with Gasteiger partial charge in [-0.05, 0) is 25.1 Å². The minimum Gasteiger partial charge on any atom is -0.312 e. The molecule has 3 nitrogen and oxygen atoms in total. The molecule has 0 atom stereocenters. The summed E-state index contributed by atoms with van der Waals surface area (Å²) in [7, 11) is 0. The largest absolute Gasteiger partial charge is 0.416 e. The SMILES string of the molecule is CCN(C(=O)CC#N)c1cccc(C(F)(F)F)c1. The van der Waals surface area contributed by atoms with E-state index in [1.165, 1.54) is 12.1 Å². The highest BCUT2D eigenvalue weighted by molar-refractivity contribution is 5.94. The molecular formula is C12H11F3N2O. The van der Waals surface area contributed by atoms with E-state index in [4.69, 9.17) is 5.26 Å². The van der Waals surface area contributed by atoms with Crippen molar-refractivity contribution in [3.05, 3.63) is 29.8 Å². The molecule has 0 fully saturated rings. The number of anilines is 1. The van der Waals surface area contributed by atoms with Gasteiger partial charge >= 0.3 is 6.18 Å².